The van der Waals surface area contributed by atoms with Gasteiger partial charge in [-0.3, -0.25) is 4.90 Å². The Morgan fingerprint density at radius 1 is 1.20 bits per heavy atom. The predicted octanol–water partition coefficient (Wildman–Crippen LogP) is 1.61. The maximum Gasteiger partial charge on any atom is 0.185 e. The number of hydrogen-bond acceptors (Lipinski definition) is 7. The second-order valence-corrected chi connectivity index (χ2v) is 8.01. The average molecular weight is 363 g/mol. The molecule has 4 rings (SSSR count). The number of nitrogens with zero attached hydrogens (tertiary/aromatic N) is 6. The summed E-state index contributed by atoms with van der Waals surface area (Å²) in [5, 5.41) is 21.8. The third-order valence-corrected chi connectivity index (χ3v) is 6.23. The second kappa shape index (κ2) is 7.39. The van der Waals surface area contributed by atoms with E-state index < -0.39 is 0 Å². The lowest BCUT2D eigenvalue weighted by Crippen LogP contribution is -2.36. The van der Waals surface area contributed by atoms with Crippen molar-refractivity contribution in [3.05, 3.63) is 23.2 Å². The highest BCUT2D eigenvalue weighted by atomic mass is 32.1. The summed E-state index contributed by atoms with van der Waals surface area (Å²) < 4.78 is 2.18. The quantitative estimate of drug-likeness (QED) is 0.891. The van der Waals surface area contributed by atoms with Crippen molar-refractivity contribution in [2.75, 3.05) is 31.1 Å². The monoisotopic (exact) mass is 362 g/mol. The molecule has 1 N–H and O–H groups in total. The van der Waals surface area contributed by atoms with Crippen molar-refractivity contribution in [2.45, 2.75) is 44.2 Å². The van der Waals surface area contributed by atoms with Crippen LogP contribution in [-0.4, -0.2) is 62.0 Å². The number of hydrogen-bond donors (Lipinski definition) is 1. The molecule has 0 saturated carbocycles. The summed E-state index contributed by atoms with van der Waals surface area (Å²) in [5.41, 5.74) is 0. The number of aliphatic hydroxyl groups is 1. The zero-order valence-electron chi connectivity index (χ0n) is 14.7. The van der Waals surface area contributed by atoms with E-state index in [-0.39, 0.29) is 6.10 Å². The Kier molecular flexibility index (Phi) is 5.00. The maximum absolute atomic E-state index is 9.66. The van der Waals surface area contributed by atoms with E-state index in [0.717, 1.165) is 75.2 Å². The molecule has 2 saturated heterocycles. The highest BCUT2D eigenvalue weighted by molar-refractivity contribution is 7.13. The fraction of sp³-hybridized carbons (Fsp3) is 0.706. The number of anilines is 1. The molecule has 4 heterocycles. The van der Waals surface area contributed by atoms with Crippen molar-refractivity contribution in [1.82, 2.24) is 24.6 Å². The molecule has 1 atom stereocenters. The molecule has 0 aliphatic carbocycles. The zero-order valence-corrected chi connectivity index (χ0v) is 15.5. The van der Waals surface area contributed by atoms with Crippen LogP contribution >= 0.6 is 11.3 Å². The van der Waals surface area contributed by atoms with Gasteiger partial charge in [-0.25, -0.2) is 4.98 Å². The lowest BCUT2D eigenvalue weighted by atomic mass is 9.97. The SMILES string of the molecule is Cn1c(CN2CCC(O)CC2)nnc1[C@@H]1CCCN(c2nccs2)C1. The first kappa shape index (κ1) is 16.9. The van der Waals surface area contributed by atoms with Crippen LogP contribution < -0.4 is 4.90 Å². The second-order valence-electron chi connectivity index (χ2n) is 7.14. The standard InChI is InChI=1S/C17H26N6OS/c1-21-15(12-22-8-4-14(24)5-9-22)19-20-16(21)13-3-2-7-23(11-13)17-18-6-10-25-17/h6,10,13-14,24H,2-5,7-9,11-12H2,1H3/t13-/m1/s1. The molecule has 0 unspecified atom stereocenters. The van der Waals surface area contributed by atoms with Crippen molar-refractivity contribution in [2.24, 2.45) is 7.05 Å². The average Bonchev–Trinajstić information content (AvgIpc) is 3.28. The number of piperidine rings is 2. The molecule has 0 spiro atoms. The molecule has 0 bridgehead atoms. The van der Waals surface area contributed by atoms with Gasteiger partial charge in [-0.1, -0.05) is 0 Å². The first-order valence-electron chi connectivity index (χ1n) is 9.13. The van der Waals surface area contributed by atoms with Crippen molar-refractivity contribution in [3.8, 4) is 0 Å². The van der Waals surface area contributed by atoms with Gasteiger partial charge < -0.3 is 14.6 Å². The molecule has 2 fully saturated rings. The van der Waals surface area contributed by atoms with Crippen LogP contribution in [0.5, 0.6) is 0 Å². The summed E-state index contributed by atoms with van der Waals surface area (Å²) in [6.07, 6.45) is 5.77. The van der Waals surface area contributed by atoms with Gasteiger partial charge in [-0.15, -0.1) is 21.5 Å². The zero-order chi connectivity index (χ0) is 17.2. The van der Waals surface area contributed by atoms with Crippen LogP contribution in [0.25, 0.3) is 0 Å². The van der Waals surface area contributed by atoms with Crippen molar-refractivity contribution < 1.29 is 5.11 Å². The lowest BCUT2D eigenvalue weighted by Gasteiger charge is -2.32. The Hall–Kier alpha value is -1.51. The number of aliphatic hydroxyl groups excluding tert-OH is 1. The highest BCUT2D eigenvalue weighted by Gasteiger charge is 2.27. The Balaban J connectivity index is 1.43. The summed E-state index contributed by atoms with van der Waals surface area (Å²) in [5.74, 6) is 2.53. The Morgan fingerprint density at radius 2 is 2.04 bits per heavy atom. The van der Waals surface area contributed by atoms with E-state index in [1.165, 1.54) is 0 Å². The van der Waals surface area contributed by atoms with Crippen LogP contribution in [-0.2, 0) is 13.6 Å². The maximum atomic E-state index is 9.66. The van der Waals surface area contributed by atoms with E-state index in [9.17, 15) is 5.11 Å². The minimum absolute atomic E-state index is 0.134. The number of rotatable bonds is 4. The van der Waals surface area contributed by atoms with E-state index in [1.54, 1.807) is 11.3 Å². The van der Waals surface area contributed by atoms with Crippen LogP contribution in [0.3, 0.4) is 0 Å². The molecule has 7 nitrogen and oxygen atoms in total. The summed E-state index contributed by atoms with van der Waals surface area (Å²) >= 11 is 1.70. The van der Waals surface area contributed by atoms with Crippen LogP contribution in [0.4, 0.5) is 5.13 Å². The molecule has 25 heavy (non-hydrogen) atoms. The van der Waals surface area contributed by atoms with Gasteiger partial charge in [0.2, 0.25) is 0 Å². The molecule has 2 aromatic heterocycles. The van der Waals surface area contributed by atoms with E-state index >= 15 is 0 Å². The largest absolute Gasteiger partial charge is 0.393 e. The molecule has 2 aliphatic heterocycles. The minimum atomic E-state index is -0.134. The molecule has 0 radical (unpaired) electrons. The van der Waals surface area contributed by atoms with E-state index in [4.69, 9.17) is 0 Å². The molecule has 2 aliphatic rings. The Bertz CT molecular complexity index is 679. The van der Waals surface area contributed by atoms with Crippen LogP contribution in [0.2, 0.25) is 0 Å². The van der Waals surface area contributed by atoms with Gasteiger partial charge in [-0.05, 0) is 25.7 Å². The highest BCUT2D eigenvalue weighted by Crippen LogP contribution is 2.30. The molecule has 0 amide bonds. The summed E-state index contributed by atoms with van der Waals surface area (Å²) in [6.45, 7) is 4.73. The third-order valence-electron chi connectivity index (χ3n) is 5.40. The van der Waals surface area contributed by atoms with Gasteiger partial charge in [0, 0.05) is 50.7 Å². The Morgan fingerprint density at radius 3 is 2.80 bits per heavy atom. The topological polar surface area (TPSA) is 70.3 Å². The minimum Gasteiger partial charge on any atom is -0.393 e. The van der Waals surface area contributed by atoms with Gasteiger partial charge in [0.15, 0.2) is 5.13 Å². The first-order chi connectivity index (χ1) is 12.2. The number of thiazole rings is 1. The fourth-order valence-electron chi connectivity index (χ4n) is 3.88. The number of aromatic nitrogens is 4. The summed E-state index contributed by atoms with van der Waals surface area (Å²) in [7, 11) is 2.09. The van der Waals surface area contributed by atoms with Gasteiger partial charge in [-0.2, -0.15) is 0 Å². The predicted molar refractivity (Wildman–Crippen MR) is 97.8 cm³/mol. The summed E-state index contributed by atoms with van der Waals surface area (Å²) in [4.78, 5) is 9.19. The molecule has 136 valence electrons. The van der Waals surface area contributed by atoms with Crippen molar-refractivity contribution >= 4 is 16.5 Å². The van der Waals surface area contributed by atoms with Crippen molar-refractivity contribution in [3.63, 3.8) is 0 Å². The van der Waals surface area contributed by atoms with Crippen LogP contribution in [0.15, 0.2) is 11.6 Å². The molecule has 8 heteroatoms. The molecule has 0 aromatic carbocycles. The molecular formula is C17H26N6OS. The normalized spacial score (nSPS) is 23.3. The van der Waals surface area contributed by atoms with Crippen LogP contribution in [0, 0.1) is 0 Å². The van der Waals surface area contributed by atoms with Crippen LogP contribution in [0.1, 0.15) is 43.3 Å². The third kappa shape index (κ3) is 3.70. The Labute approximate surface area is 152 Å². The van der Waals surface area contributed by atoms with Gasteiger partial charge >= 0.3 is 0 Å². The van der Waals surface area contributed by atoms with E-state index in [0.29, 0.717) is 5.92 Å². The van der Waals surface area contributed by atoms with E-state index in [2.05, 4.69) is 36.6 Å². The first-order valence-corrected chi connectivity index (χ1v) is 10.0. The van der Waals surface area contributed by atoms with E-state index in [1.807, 2.05) is 11.6 Å². The van der Waals surface area contributed by atoms with Gasteiger partial charge in [0.05, 0.1) is 12.6 Å². The van der Waals surface area contributed by atoms with Gasteiger partial charge in [0.1, 0.15) is 11.6 Å². The lowest BCUT2D eigenvalue weighted by molar-refractivity contribution is 0.0775. The fourth-order valence-corrected chi connectivity index (χ4v) is 4.56. The summed E-state index contributed by atoms with van der Waals surface area (Å²) in [6, 6.07) is 0. The molecular weight excluding hydrogens is 336 g/mol. The van der Waals surface area contributed by atoms with Gasteiger partial charge in [0.25, 0.3) is 0 Å². The smallest absolute Gasteiger partial charge is 0.185 e. The van der Waals surface area contributed by atoms with Crippen molar-refractivity contribution in [1.29, 1.82) is 0 Å². The number of likely N-dealkylation sites (tertiary alicyclic amines) is 1. The molecule has 2 aromatic rings.